The van der Waals surface area contributed by atoms with Crippen molar-refractivity contribution in [2.75, 3.05) is 37.7 Å². The van der Waals surface area contributed by atoms with Crippen molar-refractivity contribution in [2.45, 2.75) is 38.1 Å². The van der Waals surface area contributed by atoms with Crippen molar-refractivity contribution in [1.29, 1.82) is 0 Å². The molecule has 1 saturated heterocycles. The minimum Gasteiger partial charge on any atom is -0.378 e. The third kappa shape index (κ3) is 4.85. The molecular weight excluding hydrogens is 368 g/mol. The smallest absolute Gasteiger partial charge is 0.253 e. The number of hydrogen-bond donors (Lipinski definition) is 1. The zero-order valence-electron chi connectivity index (χ0n) is 16.7. The molecule has 1 N–H and O–H groups in total. The number of carbonyl (C=O) groups excluding carboxylic acids is 1. The molecule has 1 aliphatic carbocycles. The summed E-state index contributed by atoms with van der Waals surface area (Å²) in [7, 11) is 0. The predicted molar refractivity (Wildman–Crippen MR) is 112 cm³/mol. The molecule has 154 valence electrons. The van der Waals surface area contributed by atoms with Gasteiger partial charge in [-0.2, -0.15) is 0 Å². The number of anilines is 1. The van der Waals surface area contributed by atoms with E-state index < -0.39 is 0 Å². The number of rotatable bonds is 6. The fourth-order valence-corrected chi connectivity index (χ4v) is 4.09. The number of nitrogens with zero attached hydrogens (tertiary/aromatic N) is 3. The van der Waals surface area contributed by atoms with E-state index in [4.69, 9.17) is 4.74 Å². The molecule has 0 atom stereocenters. The first kappa shape index (κ1) is 19.6. The van der Waals surface area contributed by atoms with Gasteiger partial charge in [0.25, 0.3) is 11.5 Å². The van der Waals surface area contributed by atoms with Gasteiger partial charge in [-0.15, -0.1) is 0 Å². The van der Waals surface area contributed by atoms with Crippen LogP contribution in [0.25, 0.3) is 0 Å². The van der Waals surface area contributed by atoms with Gasteiger partial charge in [0, 0.05) is 49.4 Å². The van der Waals surface area contributed by atoms with Gasteiger partial charge in [-0.25, -0.2) is 4.98 Å². The quantitative estimate of drug-likeness (QED) is 0.810. The summed E-state index contributed by atoms with van der Waals surface area (Å²) in [5, 5.41) is 2.88. The highest BCUT2D eigenvalue weighted by Gasteiger charge is 2.19. The van der Waals surface area contributed by atoms with Gasteiger partial charge in [0.05, 0.1) is 25.2 Å². The molecule has 0 bridgehead atoms. The minimum atomic E-state index is -0.137. The lowest BCUT2D eigenvalue weighted by molar-refractivity contribution is 0.0952. The van der Waals surface area contributed by atoms with Gasteiger partial charge < -0.3 is 15.0 Å². The van der Waals surface area contributed by atoms with Crippen molar-refractivity contribution in [3.8, 4) is 0 Å². The van der Waals surface area contributed by atoms with Crippen LogP contribution in [0.1, 0.15) is 47.7 Å². The number of morpholine rings is 1. The van der Waals surface area contributed by atoms with E-state index in [1.807, 2.05) is 24.3 Å². The van der Waals surface area contributed by atoms with Crippen LogP contribution in [0, 0.1) is 0 Å². The van der Waals surface area contributed by atoms with Gasteiger partial charge in [0.15, 0.2) is 0 Å². The molecule has 0 spiro atoms. The van der Waals surface area contributed by atoms with E-state index in [0.717, 1.165) is 50.5 Å². The van der Waals surface area contributed by atoms with Crippen molar-refractivity contribution >= 4 is 11.6 Å². The van der Waals surface area contributed by atoms with Gasteiger partial charge in [-0.3, -0.25) is 14.2 Å². The Kier molecular flexibility index (Phi) is 6.24. The van der Waals surface area contributed by atoms with Crippen LogP contribution in [0.3, 0.4) is 0 Å². The standard InChI is InChI=1S/C22H28N4O3/c27-21-15-20(17-3-1-2-4-17)24-16-26(21)10-9-23-22(28)18-5-7-19(8-6-18)25-11-13-29-14-12-25/h5-8,15-17H,1-4,9-14H2,(H,23,28). The molecule has 2 aromatic rings. The lowest BCUT2D eigenvalue weighted by Crippen LogP contribution is -2.36. The van der Waals surface area contributed by atoms with Gasteiger partial charge >= 0.3 is 0 Å². The molecule has 0 radical (unpaired) electrons. The molecule has 1 amide bonds. The summed E-state index contributed by atoms with van der Waals surface area (Å²) in [5.74, 6) is 0.291. The largest absolute Gasteiger partial charge is 0.378 e. The summed E-state index contributed by atoms with van der Waals surface area (Å²) in [6, 6.07) is 9.27. The van der Waals surface area contributed by atoms with Gasteiger partial charge in [-0.05, 0) is 37.1 Å². The Balaban J connectivity index is 1.29. The number of hydrogen-bond acceptors (Lipinski definition) is 5. The van der Waals surface area contributed by atoms with E-state index in [-0.39, 0.29) is 11.5 Å². The molecular formula is C22H28N4O3. The second-order valence-corrected chi connectivity index (χ2v) is 7.73. The van der Waals surface area contributed by atoms with Crippen molar-refractivity contribution in [3.63, 3.8) is 0 Å². The topological polar surface area (TPSA) is 76.5 Å². The lowest BCUT2D eigenvalue weighted by atomic mass is 10.0. The second-order valence-electron chi connectivity index (χ2n) is 7.73. The summed E-state index contributed by atoms with van der Waals surface area (Å²) in [4.78, 5) is 31.4. The van der Waals surface area contributed by atoms with Crippen LogP contribution >= 0.6 is 0 Å². The molecule has 7 nitrogen and oxygen atoms in total. The van der Waals surface area contributed by atoms with E-state index >= 15 is 0 Å². The molecule has 29 heavy (non-hydrogen) atoms. The van der Waals surface area contributed by atoms with Gasteiger partial charge in [0.2, 0.25) is 0 Å². The Labute approximate surface area is 170 Å². The summed E-state index contributed by atoms with van der Waals surface area (Å²) >= 11 is 0. The number of aromatic nitrogens is 2. The second kappa shape index (κ2) is 9.22. The summed E-state index contributed by atoms with van der Waals surface area (Å²) in [5.41, 5.74) is 2.58. The van der Waals surface area contributed by atoms with E-state index in [1.165, 1.54) is 12.8 Å². The normalized spacial score (nSPS) is 17.4. The Hall–Kier alpha value is -2.67. The zero-order chi connectivity index (χ0) is 20.1. The third-order valence-corrected chi connectivity index (χ3v) is 5.82. The fourth-order valence-electron chi connectivity index (χ4n) is 4.09. The van der Waals surface area contributed by atoms with Crippen molar-refractivity contribution in [2.24, 2.45) is 0 Å². The molecule has 4 rings (SSSR count). The average molecular weight is 396 g/mol. The van der Waals surface area contributed by atoms with E-state index in [1.54, 1.807) is 17.0 Å². The number of carbonyl (C=O) groups is 1. The number of ether oxygens (including phenoxy) is 1. The SMILES string of the molecule is O=C(NCCn1cnc(C2CCCC2)cc1=O)c1ccc(N2CCOCC2)cc1. The molecule has 0 unspecified atom stereocenters. The third-order valence-electron chi connectivity index (χ3n) is 5.82. The van der Waals surface area contributed by atoms with Crippen molar-refractivity contribution < 1.29 is 9.53 Å². The Morgan fingerprint density at radius 3 is 2.55 bits per heavy atom. The molecule has 1 saturated carbocycles. The average Bonchev–Trinajstić information content (AvgIpc) is 3.30. The summed E-state index contributed by atoms with van der Waals surface area (Å²) in [6.07, 6.45) is 6.29. The highest BCUT2D eigenvalue weighted by atomic mass is 16.5. The number of benzene rings is 1. The van der Waals surface area contributed by atoms with Crippen LogP contribution in [-0.4, -0.2) is 48.3 Å². The molecule has 1 aromatic carbocycles. The predicted octanol–water partition coefficient (Wildman–Crippen LogP) is 2.17. The monoisotopic (exact) mass is 396 g/mol. The van der Waals surface area contributed by atoms with Crippen LogP contribution in [0.5, 0.6) is 0 Å². The Morgan fingerprint density at radius 2 is 1.86 bits per heavy atom. The molecule has 1 aliphatic heterocycles. The fraction of sp³-hybridized carbons (Fsp3) is 0.500. The van der Waals surface area contributed by atoms with Crippen LogP contribution in [0.4, 0.5) is 5.69 Å². The van der Waals surface area contributed by atoms with Gasteiger partial charge in [-0.1, -0.05) is 12.8 Å². The Bertz CT molecular complexity index is 882. The first-order valence-electron chi connectivity index (χ1n) is 10.5. The first-order valence-corrected chi connectivity index (χ1v) is 10.5. The number of nitrogens with one attached hydrogen (secondary N) is 1. The highest BCUT2D eigenvalue weighted by Crippen LogP contribution is 2.32. The van der Waals surface area contributed by atoms with Crippen LogP contribution < -0.4 is 15.8 Å². The van der Waals surface area contributed by atoms with E-state index in [2.05, 4.69) is 15.2 Å². The van der Waals surface area contributed by atoms with Gasteiger partial charge in [0.1, 0.15) is 0 Å². The van der Waals surface area contributed by atoms with Crippen LogP contribution in [-0.2, 0) is 11.3 Å². The maximum Gasteiger partial charge on any atom is 0.253 e. The van der Waals surface area contributed by atoms with E-state index in [0.29, 0.717) is 24.6 Å². The maximum absolute atomic E-state index is 12.4. The molecule has 2 fully saturated rings. The minimum absolute atomic E-state index is 0.0500. The Morgan fingerprint density at radius 1 is 1.14 bits per heavy atom. The van der Waals surface area contributed by atoms with E-state index in [9.17, 15) is 9.59 Å². The summed E-state index contributed by atoms with van der Waals surface area (Å²) in [6.45, 7) is 4.00. The van der Waals surface area contributed by atoms with Crippen LogP contribution in [0.2, 0.25) is 0 Å². The molecule has 2 aliphatic rings. The maximum atomic E-state index is 12.4. The van der Waals surface area contributed by atoms with Crippen molar-refractivity contribution in [1.82, 2.24) is 14.9 Å². The highest BCUT2D eigenvalue weighted by molar-refractivity contribution is 5.94. The lowest BCUT2D eigenvalue weighted by Gasteiger charge is -2.28. The molecule has 1 aromatic heterocycles. The van der Waals surface area contributed by atoms with Crippen LogP contribution in [0.15, 0.2) is 41.5 Å². The summed E-state index contributed by atoms with van der Waals surface area (Å²) < 4.78 is 6.93. The molecule has 2 heterocycles. The first-order chi connectivity index (χ1) is 14.2. The number of amides is 1. The van der Waals surface area contributed by atoms with Crippen molar-refractivity contribution in [3.05, 3.63) is 58.3 Å². The zero-order valence-corrected chi connectivity index (χ0v) is 16.7. The molecule has 7 heteroatoms.